The van der Waals surface area contributed by atoms with Gasteiger partial charge in [0.15, 0.2) is 0 Å². The van der Waals surface area contributed by atoms with E-state index in [9.17, 15) is 9.59 Å². The van der Waals surface area contributed by atoms with Crippen molar-refractivity contribution in [2.24, 2.45) is 5.92 Å². The van der Waals surface area contributed by atoms with Crippen LogP contribution in [-0.4, -0.2) is 66.0 Å². The Kier molecular flexibility index (Phi) is 5.80. The highest BCUT2D eigenvalue weighted by Crippen LogP contribution is 2.17. The number of rotatable bonds is 4. The molecular weight excluding hydrogens is 306 g/mol. The molecule has 2 aliphatic heterocycles. The molecule has 1 aromatic rings. The predicted molar refractivity (Wildman–Crippen MR) is 89.3 cm³/mol. The van der Waals surface area contributed by atoms with Crippen molar-refractivity contribution in [3.05, 3.63) is 30.1 Å². The van der Waals surface area contributed by atoms with Gasteiger partial charge in [-0.2, -0.15) is 0 Å². The van der Waals surface area contributed by atoms with E-state index in [1.807, 2.05) is 21.9 Å². The van der Waals surface area contributed by atoms with Gasteiger partial charge in [-0.05, 0) is 37.0 Å². The van der Waals surface area contributed by atoms with Crippen LogP contribution in [0.15, 0.2) is 24.5 Å². The van der Waals surface area contributed by atoms with E-state index in [-0.39, 0.29) is 17.7 Å². The highest BCUT2D eigenvalue weighted by molar-refractivity contribution is 5.80. The van der Waals surface area contributed by atoms with E-state index in [1.165, 1.54) is 0 Å². The van der Waals surface area contributed by atoms with Gasteiger partial charge in [0.25, 0.3) is 0 Å². The highest BCUT2D eigenvalue weighted by atomic mass is 16.5. The van der Waals surface area contributed by atoms with Crippen molar-refractivity contribution in [3.63, 3.8) is 0 Å². The van der Waals surface area contributed by atoms with Gasteiger partial charge in [-0.15, -0.1) is 0 Å². The van der Waals surface area contributed by atoms with Crippen LogP contribution in [0.4, 0.5) is 0 Å². The number of hydrogen-bond donors (Lipinski definition) is 0. The van der Waals surface area contributed by atoms with Crippen LogP contribution in [0.5, 0.6) is 0 Å². The van der Waals surface area contributed by atoms with Crippen molar-refractivity contribution in [1.29, 1.82) is 0 Å². The average molecular weight is 331 g/mol. The van der Waals surface area contributed by atoms with E-state index in [4.69, 9.17) is 4.74 Å². The Hall–Kier alpha value is -1.95. The van der Waals surface area contributed by atoms with E-state index in [0.717, 1.165) is 37.9 Å². The second kappa shape index (κ2) is 8.24. The zero-order valence-corrected chi connectivity index (χ0v) is 14.0. The van der Waals surface area contributed by atoms with Gasteiger partial charge < -0.3 is 14.5 Å². The summed E-state index contributed by atoms with van der Waals surface area (Å²) in [5.41, 5.74) is 1.13. The van der Waals surface area contributed by atoms with E-state index in [2.05, 4.69) is 4.98 Å². The first-order valence-electron chi connectivity index (χ1n) is 8.77. The third-order valence-corrected chi connectivity index (χ3v) is 4.82. The third kappa shape index (κ3) is 4.32. The molecule has 3 rings (SSSR count). The lowest BCUT2D eigenvalue weighted by atomic mass is 10.1. The maximum Gasteiger partial charge on any atom is 0.228 e. The second-order valence-electron chi connectivity index (χ2n) is 6.48. The monoisotopic (exact) mass is 331 g/mol. The van der Waals surface area contributed by atoms with Crippen LogP contribution in [0.3, 0.4) is 0 Å². The van der Waals surface area contributed by atoms with Gasteiger partial charge in [0.1, 0.15) is 0 Å². The van der Waals surface area contributed by atoms with Crippen molar-refractivity contribution in [1.82, 2.24) is 14.8 Å². The van der Waals surface area contributed by atoms with Gasteiger partial charge in [0, 0.05) is 51.6 Å². The van der Waals surface area contributed by atoms with Crippen LogP contribution >= 0.6 is 0 Å². The smallest absolute Gasteiger partial charge is 0.228 e. The summed E-state index contributed by atoms with van der Waals surface area (Å²) in [6.45, 7) is 3.97. The fourth-order valence-corrected chi connectivity index (χ4v) is 3.33. The van der Waals surface area contributed by atoms with E-state index >= 15 is 0 Å². The van der Waals surface area contributed by atoms with Gasteiger partial charge in [-0.1, -0.05) is 0 Å². The van der Waals surface area contributed by atoms with Crippen molar-refractivity contribution >= 4 is 11.8 Å². The third-order valence-electron chi connectivity index (χ3n) is 4.82. The summed E-state index contributed by atoms with van der Waals surface area (Å²) in [7, 11) is 0. The van der Waals surface area contributed by atoms with Crippen molar-refractivity contribution in [2.75, 3.05) is 39.4 Å². The Balaban J connectivity index is 1.47. The van der Waals surface area contributed by atoms with Crippen LogP contribution in [0.25, 0.3) is 0 Å². The zero-order valence-electron chi connectivity index (χ0n) is 14.0. The molecular formula is C18H25N3O3. The average Bonchev–Trinajstić information content (AvgIpc) is 3.04. The molecule has 0 bridgehead atoms. The van der Waals surface area contributed by atoms with Crippen LogP contribution < -0.4 is 0 Å². The Bertz CT molecular complexity index is 558. The number of pyridine rings is 1. The summed E-state index contributed by atoms with van der Waals surface area (Å²) in [5.74, 6) is 0.378. The fraction of sp³-hybridized carbons (Fsp3) is 0.611. The molecule has 0 aliphatic carbocycles. The van der Waals surface area contributed by atoms with Crippen LogP contribution in [0.2, 0.25) is 0 Å². The van der Waals surface area contributed by atoms with Crippen molar-refractivity contribution in [3.8, 4) is 0 Å². The summed E-state index contributed by atoms with van der Waals surface area (Å²) in [6, 6.07) is 3.89. The molecule has 6 heteroatoms. The first kappa shape index (κ1) is 16.9. The minimum atomic E-state index is 0.0129. The summed E-state index contributed by atoms with van der Waals surface area (Å²) >= 11 is 0. The first-order valence-corrected chi connectivity index (χ1v) is 8.77. The molecule has 2 aliphatic rings. The summed E-state index contributed by atoms with van der Waals surface area (Å²) in [5, 5.41) is 0. The number of amides is 2. The van der Waals surface area contributed by atoms with Crippen molar-refractivity contribution in [2.45, 2.75) is 25.7 Å². The quantitative estimate of drug-likeness (QED) is 0.829. The largest absolute Gasteiger partial charge is 0.381 e. The van der Waals surface area contributed by atoms with Crippen LogP contribution in [-0.2, 0) is 20.7 Å². The zero-order chi connectivity index (χ0) is 16.8. The molecule has 130 valence electrons. The molecule has 0 saturated carbocycles. The Morgan fingerprint density at radius 1 is 1.12 bits per heavy atom. The maximum absolute atomic E-state index is 12.5. The molecule has 2 amide bonds. The predicted octanol–water partition coefficient (Wildman–Crippen LogP) is 1.11. The normalized spacial score (nSPS) is 21.6. The number of carbonyl (C=O) groups is 2. The molecule has 6 nitrogen and oxygen atoms in total. The molecule has 0 N–H and O–H groups in total. The highest BCUT2D eigenvalue weighted by Gasteiger charge is 2.29. The van der Waals surface area contributed by atoms with Gasteiger partial charge in [0.2, 0.25) is 11.8 Å². The van der Waals surface area contributed by atoms with Crippen molar-refractivity contribution < 1.29 is 14.3 Å². The second-order valence-corrected chi connectivity index (χ2v) is 6.48. The lowest BCUT2D eigenvalue weighted by Crippen LogP contribution is -2.40. The molecule has 3 heterocycles. The Morgan fingerprint density at radius 2 is 1.88 bits per heavy atom. The Morgan fingerprint density at radius 3 is 2.62 bits per heavy atom. The summed E-state index contributed by atoms with van der Waals surface area (Å²) in [4.78, 5) is 32.7. The standard InChI is InChI=1S/C18H25N3O3/c22-17(3-2-15-4-7-19-8-5-15)20-9-1-10-21(12-11-20)18(23)16-6-13-24-14-16/h4-5,7-8,16H,1-3,6,9-14H2. The topological polar surface area (TPSA) is 62.7 Å². The van der Waals surface area contributed by atoms with Crippen LogP contribution in [0.1, 0.15) is 24.8 Å². The number of aryl methyl sites for hydroxylation is 1. The molecule has 1 atom stereocenters. The SMILES string of the molecule is O=C(CCc1ccncc1)N1CCCN(C(=O)C2CCOC2)CC1. The molecule has 1 aromatic heterocycles. The van der Waals surface area contributed by atoms with E-state index in [0.29, 0.717) is 32.7 Å². The number of hydrogen-bond acceptors (Lipinski definition) is 4. The molecule has 0 spiro atoms. The minimum Gasteiger partial charge on any atom is -0.381 e. The minimum absolute atomic E-state index is 0.0129. The number of aromatic nitrogens is 1. The number of ether oxygens (including phenoxy) is 1. The molecule has 0 aromatic carbocycles. The molecule has 2 fully saturated rings. The molecule has 0 radical (unpaired) electrons. The van der Waals surface area contributed by atoms with Crippen LogP contribution in [0, 0.1) is 5.92 Å². The number of carbonyl (C=O) groups excluding carboxylic acids is 2. The van der Waals surface area contributed by atoms with E-state index < -0.39 is 0 Å². The molecule has 2 saturated heterocycles. The van der Waals surface area contributed by atoms with Gasteiger partial charge in [-0.25, -0.2) is 0 Å². The fourth-order valence-electron chi connectivity index (χ4n) is 3.33. The summed E-state index contributed by atoms with van der Waals surface area (Å²) < 4.78 is 5.32. The first-order chi connectivity index (χ1) is 11.7. The molecule has 1 unspecified atom stereocenters. The Labute approximate surface area is 142 Å². The molecule has 24 heavy (non-hydrogen) atoms. The number of nitrogens with zero attached hydrogens (tertiary/aromatic N) is 3. The maximum atomic E-state index is 12.5. The van der Waals surface area contributed by atoms with Gasteiger partial charge in [-0.3, -0.25) is 14.6 Å². The lowest BCUT2D eigenvalue weighted by Gasteiger charge is -2.24. The van der Waals surface area contributed by atoms with Gasteiger partial charge in [0.05, 0.1) is 12.5 Å². The summed E-state index contributed by atoms with van der Waals surface area (Å²) in [6.07, 6.45) is 6.42. The van der Waals surface area contributed by atoms with Gasteiger partial charge >= 0.3 is 0 Å². The van der Waals surface area contributed by atoms with E-state index in [1.54, 1.807) is 12.4 Å². The lowest BCUT2D eigenvalue weighted by molar-refractivity contribution is -0.136.